The van der Waals surface area contributed by atoms with Crippen molar-refractivity contribution in [2.45, 2.75) is 0 Å². The maximum absolute atomic E-state index is 12.1. The Labute approximate surface area is 290 Å². The van der Waals surface area contributed by atoms with E-state index in [4.69, 9.17) is 9.66 Å². The highest BCUT2D eigenvalue weighted by Crippen LogP contribution is 2.24. The molecule has 0 radical (unpaired) electrons. The van der Waals surface area contributed by atoms with Gasteiger partial charge in [0.15, 0.2) is 15.3 Å². The van der Waals surface area contributed by atoms with Gasteiger partial charge in [0.2, 0.25) is 0 Å². The molecule has 0 heterocycles. The number of aliphatic hydroxyl groups excluding tert-OH is 1. The Bertz CT molecular complexity index is 571. The molecule has 0 aromatic rings. The third-order valence-corrected chi connectivity index (χ3v) is 21.3. The van der Waals surface area contributed by atoms with E-state index in [2.05, 4.69) is 0 Å². The molecule has 0 fully saturated rings. The lowest BCUT2D eigenvalue weighted by Gasteiger charge is -2.10. The fourth-order valence-electron chi connectivity index (χ4n) is 1.80. The summed E-state index contributed by atoms with van der Waals surface area (Å²) in [6, 6.07) is 0. The second-order valence-electron chi connectivity index (χ2n) is 6.42. The van der Waals surface area contributed by atoms with Crippen molar-refractivity contribution < 1.29 is 28.4 Å². The molecule has 0 aliphatic carbocycles. The van der Waals surface area contributed by atoms with E-state index in [-0.39, 0.29) is 16.8 Å². The van der Waals surface area contributed by atoms with Crippen LogP contribution in [0.3, 0.4) is 0 Å². The Hall–Kier alpha value is 4.08. The number of carbonyl (C=O) groups is 2. The van der Waals surface area contributed by atoms with Crippen molar-refractivity contribution in [3.05, 3.63) is 0 Å². The first-order valence-electron chi connectivity index (χ1n) is 11.2. The summed E-state index contributed by atoms with van der Waals surface area (Å²) in [4.78, 5) is 23.6. The van der Waals surface area contributed by atoms with E-state index < -0.39 is 21.4 Å². The predicted molar refractivity (Wildman–Crippen MR) is 205 cm³/mol. The molecular weight excluding hydrogens is 773 g/mol. The van der Waals surface area contributed by atoms with Crippen LogP contribution in [-0.4, -0.2) is 123 Å². The number of thioether (sulfide) groups is 10. The number of hydrogen-bond acceptors (Lipinski definition) is 18. The number of aliphatic hydroxyl groups is 1. The van der Waals surface area contributed by atoms with Crippen LogP contribution < -0.4 is 0 Å². The molecule has 0 aromatic carbocycles. The zero-order valence-corrected chi connectivity index (χ0v) is 32.7. The first-order chi connectivity index (χ1) is 19.0. The number of hydrogen-bond donors (Lipinski definition) is 2. The molecule has 2 unspecified atom stereocenters. The Kier molecular flexibility index (Phi) is 38.6. The molecule has 20 heteroatoms. The number of rotatable bonds is 30. The van der Waals surface area contributed by atoms with Gasteiger partial charge in [-0.15, -0.1) is 82.3 Å². The normalized spacial score (nSPS) is 13.0. The largest absolute Gasteiger partial charge is 0.616 e. The third kappa shape index (κ3) is 34.8. The summed E-state index contributed by atoms with van der Waals surface area (Å²) in [6.45, 7) is 0.0643. The van der Waals surface area contributed by atoms with Crippen molar-refractivity contribution in [1.82, 2.24) is 0 Å². The SMILES string of the molecule is O=C(CSCSCSCC[S+]([O-])CSCSCSC(=O)CSCSCSCC[S+]([O-])SCCO)SCCSO. The molecule has 0 aliphatic heterocycles. The van der Waals surface area contributed by atoms with Crippen LogP contribution in [0, 0.1) is 0 Å². The summed E-state index contributed by atoms with van der Waals surface area (Å²) >= 11 is 16.3. The van der Waals surface area contributed by atoms with E-state index in [0.29, 0.717) is 45.4 Å². The first-order valence-corrected chi connectivity index (χ1v) is 27.6. The van der Waals surface area contributed by atoms with Crippen molar-refractivity contribution in [3.8, 4) is 0 Å². The zero-order valence-electron chi connectivity index (χ0n) is 21.3. The highest BCUT2D eigenvalue weighted by Gasteiger charge is 2.09. The standard InChI is InChI=1S/C19H36O6S14/c20-1-2-37-39(25)8-6-27-12-31-14-29-10-19(22)35-16-32-15-33-17-38(24)7-5-26-11-30-13-28-9-18(21)34-3-4-36-23/h20,23H,1-17H2. The summed E-state index contributed by atoms with van der Waals surface area (Å²) in [6.07, 6.45) is 0. The molecule has 232 valence electrons. The minimum atomic E-state index is -0.908. The van der Waals surface area contributed by atoms with Gasteiger partial charge in [0.05, 0.1) is 34.7 Å². The molecule has 0 saturated carbocycles. The molecule has 0 saturated heterocycles. The minimum Gasteiger partial charge on any atom is -0.616 e. The highest BCUT2D eigenvalue weighted by molar-refractivity contribution is 8.72. The molecule has 0 rings (SSSR count). The van der Waals surface area contributed by atoms with E-state index in [0.717, 1.165) is 54.1 Å². The van der Waals surface area contributed by atoms with Gasteiger partial charge < -0.3 is 18.8 Å². The number of carbonyl (C=O) groups excluding carboxylic acids is 2. The van der Waals surface area contributed by atoms with Crippen LogP contribution in [0.2, 0.25) is 0 Å². The summed E-state index contributed by atoms with van der Waals surface area (Å²) in [7, 11) is 0.391. The Morgan fingerprint density at radius 2 is 1.18 bits per heavy atom. The van der Waals surface area contributed by atoms with Gasteiger partial charge in [0.1, 0.15) is 11.5 Å². The fourth-order valence-corrected chi connectivity index (χ4v) is 18.1. The quantitative estimate of drug-likeness (QED) is 0.0273. The van der Waals surface area contributed by atoms with Crippen LogP contribution in [0.15, 0.2) is 0 Å². The van der Waals surface area contributed by atoms with Crippen LogP contribution in [0.1, 0.15) is 0 Å². The lowest BCUT2D eigenvalue weighted by atomic mass is 10.9. The van der Waals surface area contributed by atoms with Crippen molar-refractivity contribution in [2.75, 3.05) is 94.0 Å². The maximum Gasteiger partial charge on any atom is 0.199 e. The van der Waals surface area contributed by atoms with Crippen LogP contribution >= 0.6 is 140 Å². The van der Waals surface area contributed by atoms with E-state index in [1.807, 2.05) is 0 Å². The molecule has 2 N–H and O–H groups in total. The lowest BCUT2D eigenvalue weighted by Crippen LogP contribution is -2.11. The average Bonchev–Trinajstić information content (AvgIpc) is 2.92. The van der Waals surface area contributed by atoms with Crippen LogP contribution in [0.4, 0.5) is 0 Å². The maximum atomic E-state index is 12.1. The van der Waals surface area contributed by atoms with Gasteiger partial charge in [0.25, 0.3) is 0 Å². The molecule has 0 spiro atoms. The smallest absolute Gasteiger partial charge is 0.199 e. The van der Waals surface area contributed by atoms with E-state index >= 15 is 0 Å². The Morgan fingerprint density at radius 1 is 0.615 bits per heavy atom. The molecule has 2 atom stereocenters. The van der Waals surface area contributed by atoms with E-state index in [1.165, 1.54) is 34.3 Å². The minimum absolute atomic E-state index is 0.0643. The Morgan fingerprint density at radius 3 is 1.82 bits per heavy atom. The van der Waals surface area contributed by atoms with E-state index in [1.54, 1.807) is 94.1 Å². The molecule has 6 nitrogen and oxygen atoms in total. The van der Waals surface area contributed by atoms with E-state index in [9.17, 15) is 18.7 Å². The van der Waals surface area contributed by atoms with Crippen molar-refractivity contribution >= 4 is 172 Å². The van der Waals surface area contributed by atoms with Gasteiger partial charge in [-0.05, 0) is 23.2 Å². The Balaban J connectivity index is 3.35. The summed E-state index contributed by atoms with van der Waals surface area (Å²) in [5, 5.41) is 14.9. The highest BCUT2D eigenvalue weighted by atomic mass is 33.1. The molecule has 0 bridgehead atoms. The second-order valence-corrected chi connectivity index (χ2v) is 25.0. The summed E-state index contributed by atoms with van der Waals surface area (Å²) in [5.41, 5.74) is 0. The lowest BCUT2D eigenvalue weighted by molar-refractivity contribution is -0.109. The van der Waals surface area contributed by atoms with Gasteiger partial charge in [-0.1, -0.05) is 35.3 Å². The fraction of sp³-hybridized carbons (Fsp3) is 0.895. The van der Waals surface area contributed by atoms with Crippen LogP contribution in [-0.2, 0) is 31.0 Å². The van der Waals surface area contributed by atoms with Gasteiger partial charge >= 0.3 is 0 Å². The molecule has 0 aromatic heterocycles. The molecular formula is C19H36O6S14. The van der Waals surface area contributed by atoms with Gasteiger partial charge in [-0.3, -0.25) is 9.59 Å². The van der Waals surface area contributed by atoms with Crippen molar-refractivity contribution in [2.24, 2.45) is 0 Å². The predicted octanol–water partition coefficient (Wildman–Crippen LogP) is 6.42. The molecule has 39 heavy (non-hydrogen) atoms. The summed E-state index contributed by atoms with van der Waals surface area (Å²) < 4.78 is 32.3. The monoisotopic (exact) mass is 808 g/mol. The van der Waals surface area contributed by atoms with Crippen molar-refractivity contribution in [3.63, 3.8) is 0 Å². The van der Waals surface area contributed by atoms with Crippen LogP contribution in [0.5, 0.6) is 0 Å². The molecule has 0 amide bonds. The van der Waals surface area contributed by atoms with Gasteiger partial charge in [-0.2, -0.15) is 0 Å². The topological polar surface area (TPSA) is 121 Å². The van der Waals surface area contributed by atoms with Gasteiger partial charge in [0, 0.05) is 63.7 Å². The summed E-state index contributed by atoms with van der Waals surface area (Å²) in [5.74, 6) is 5.81. The van der Waals surface area contributed by atoms with Gasteiger partial charge in [-0.25, -0.2) is 0 Å². The third-order valence-electron chi connectivity index (χ3n) is 3.38. The zero-order chi connectivity index (χ0) is 28.8. The molecule has 0 aliphatic rings. The average molecular weight is 809 g/mol. The first kappa shape index (κ1) is 43.1. The second kappa shape index (κ2) is 34.9. The van der Waals surface area contributed by atoms with Crippen LogP contribution in [0.25, 0.3) is 0 Å². The van der Waals surface area contributed by atoms with Crippen molar-refractivity contribution in [1.29, 1.82) is 0 Å².